The molecule has 0 saturated carbocycles. The minimum Gasteiger partial charge on any atom is -0.496 e. The number of nitrogens with one attached hydrogen (secondary N) is 1. The van der Waals surface area contributed by atoms with Gasteiger partial charge in [-0.05, 0) is 6.07 Å². The Morgan fingerprint density at radius 3 is 2.60 bits per heavy atom. The fourth-order valence-corrected chi connectivity index (χ4v) is 1.25. The van der Waals surface area contributed by atoms with Gasteiger partial charge in [0, 0.05) is 11.1 Å². The summed E-state index contributed by atoms with van der Waals surface area (Å²) in [6.07, 6.45) is 0.112. The number of carbonyl (C=O) groups excluding carboxylic acids is 1. The van der Waals surface area contributed by atoms with Crippen LogP contribution in [0.4, 0.5) is 0 Å². The molecule has 0 saturated heterocycles. The summed E-state index contributed by atoms with van der Waals surface area (Å²) in [7, 11) is 1.49. The van der Waals surface area contributed by atoms with Crippen LogP contribution in [0.1, 0.15) is 11.1 Å². The van der Waals surface area contributed by atoms with Gasteiger partial charge >= 0.3 is 0 Å². The molecule has 0 aliphatic carbocycles. The second kappa shape index (κ2) is 4.45. The minimum absolute atomic E-state index is 0.0427. The van der Waals surface area contributed by atoms with E-state index in [0.29, 0.717) is 16.9 Å². The summed E-state index contributed by atoms with van der Waals surface area (Å²) in [6.45, 7) is 0. The summed E-state index contributed by atoms with van der Waals surface area (Å²) in [5.74, 6) is 0.0456. The molecule has 5 nitrogen and oxygen atoms in total. The van der Waals surface area contributed by atoms with Crippen LogP contribution in [0.3, 0.4) is 0 Å². The van der Waals surface area contributed by atoms with Crippen molar-refractivity contribution >= 4 is 11.7 Å². The first kappa shape index (κ1) is 11.0. The molecule has 0 unspecified atom stereocenters. The Kier molecular flexibility index (Phi) is 3.28. The zero-order chi connectivity index (χ0) is 11.4. The largest absolute Gasteiger partial charge is 0.496 e. The Balaban J connectivity index is 3.08. The fourth-order valence-electron chi connectivity index (χ4n) is 1.25. The van der Waals surface area contributed by atoms with Crippen molar-refractivity contribution in [3.05, 3.63) is 29.3 Å². The molecule has 0 radical (unpaired) electrons. The second-order valence-electron chi connectivity index (χ2n) is 3.08. The summed E-state index contributed by atoms with van der Waals surface area (Å²) in [5.41, 5.74) is 11.7. The molecule has 15 heavy (non-hydrogen) atoms. The van der Waals surface area contributed by atoms with Gasteiger partial charge < -0.3 is 16.2 Å². The van der Waals surface area contributed by atoms with Gasteiger partial charge in [-0.3, -0.25) is 10.2 Å². The van der Waals surface area contributed by atoms with Crippen LogP contribution in [-0.2, 0) is 11.2 Å². The predicted octanol–water partition coefficient (Wildman–Crippen LogP) is 0.00707. The van der Waals surface area contributed by atoms with Gasteiger partial charge in [-0.2, -0.15) is 0 Å². The zero-order valence-corrected chi connectivity index (χ0v) is 8.41. The molecule has 1 rings (SSSR count). The van der Waals surface area contributed by atoms with Crippen molar-refractivity contribution < 1.29 is 9.53 Å². The first-order valence-electron chi connectivity index (χ1n) is 4.34. The first-order chi connectivity index (χ1) is 7.04. The maximum Gasteiger partial charge on any atom is 0.221 e. The van der Waals surface area contributed by atoms with Gasteiger partial charge in [-0.25, -0.2) is 0 Å². The Hall–Kier alpha value is -2.04. The lowest BCUT2D eigenvalue weighted by Gasteiger charge is -2.08. The molecule has 0 bridgehead atoms. The lowest BCUT2D eigenvalue weighted by atomic mass is 10.1. The van der Waals surface area contributed by atoms with Gasteiger partial charge in [0.1, 0.15) is 11.6 Å². The molecule has 1 aromatic carbocycles. The van der Waals surface area contributed by atoms with E-state index >= 15 is 0 Å². The Morgan fingerprint density at radius 1 is 1.47 bits per heavy atom. The van der Waals surface area contributed by atoms with E-state index in [2.05, 4.69) is 0 Å². The minimum atomic E-state index is -0.427. The molecule has 1 aromatic rings. The van der Waals surface area contributed by atoms with Gasteiger partial charge in [0.2, 0.25) is 5.91 Å². The zero-order valence-electron chi connectivity index (χ0n) is 8.41. The van der Waals surface area contributed by atoms with E-state index in [1.165, 1.54) is 7.11 Å². The van der Waals surface area contributed by atoms with E-state index in [1.807, 2.05) is 0 Å². The Bertz CT molecular complexity index is 402. The number of ether oxygens (including phenoxy) is 1. The van der Waals surface area contributed by atoms with Crippen molar-refractivity contribution in [1.82, 2.24) is 0 Å². The number of primary amides is 1. The van der Waals surface area contributed by atoms with E-state index in [0.717, 1.165) is 0 Å². The molecule has 0 aliphatic heterocycles. The van der Waals surface area contributed by atoms with Gasteiger partial charge in [-0.15, -0.1) is 0 Å². The molecule has 0 spiro atoms. The number of nitrogens with two attached hydrogens (primary N) is 2. The third-order valence-electron chi connectivity index (χ3n) is 1.96. The average molecular weight is 207 g/mol. The highest BCUT2D eigenvalue weighted by Crippen LogP contribution is 2.20. The highest BCUT2D eigenvalue weighted by molar-refractivity contribution is 5.95. The third-order valence-corrected chi connectivity index (χ3v) is 1.96. The molecule has 5 N–H and O–H groups in total. The number of carbonyl (C=O) groups is 1. The molecular formula is C10H13N3O2. The molecule has 0 aliphatic rings. The second-order valence-corrected chi connectivity index (χ2v) is 3.08. The van der Waals surface area contributed by atoms with E-state index in [4.69, 9.17) is 21.6 Å². The summed E-state index contributed by atoms with van der Waals surface area (Å²) in [4.78, 5) is 10.8. The van der Waals surface area contributed by atoms with Crippen LogP contribution >= 0.6 is 0 Å². The van der Waals surface area contributed by atoms with Crippen LogP contribution in [0.25, 0.3) is 0 Å². The number of amides is 1. The Labute approximate surface area is 87.5 Å². The van der Waals surface area contributed by atoms with E-state index < -0.39 is 5.91 Å². The smallest absolute Gasteiger partial charge is 0.221 e. The molecule has 0 heterocycles. The summed E-state index contributed by atoms with van der Waals surface area (Å²) in [6, 6.07) is 4.95. The predicted molar refractivity (Wildman–Crippen MR) is 56.9 cm³/mol. The molecule has 5 heteroatoms. The summed E-state index contributed by atoms with van der Waals surface area (Å²) >= 11 is 0. The van der Waals surface area contributed by atoms with Gasteiger partial charge in [0.25, 0.3) is 0 Å². The molecule has 0 aromatic heterocycles. The number of benzene rings is 1. The maximum absolute atomic E-state index is 10.8. The van der Waals surface area contributed by atoms with Crippen LogP contribution in [0.2, 0.25) is 0 Å². The van der Waals surface area contributed by atoms with Crippen LogP contribution in [0.5, 0.6) is 5.75 Å². The molecule has 0 fully saturated rings. The van der Waals surface area contributed by atoms with Crippen molar-refractivity contribution in [2.45, 2.75) is 6.42 Å². The summed E-state index contributed by atoms with van der Waals surface area (Å²) < 4.78 is 5.08. The monoisotopic (exact) mass is 207 g/mol. The summed E-state index contributed by atoms with van der Waals surface area (Å²) in [5, 5.41) is 7.25. The first-order valence-corrected chi connectivity index (χ1v) is 4.34. The quantitative estimate of drug-likeness (QED) is 0.478. The normalized spacial score (nSPS) is 9.67. The number of hydrogen-bond acceptors (Lipinski definition) is 3. The maximum atomic E-state index is 10.8. The van der Waals surface area contributed by atoms with Gasteiger partial charge in [0.15, 0.2) is 0 Å². The average Bonchev–Trinajstić information content (AvgIpc) is 2.17. The highest BCUT2D eigenvalue weighted by Gasteiger charge is 2.08. The lowest BCUT2D eigenvalue weighted by Crippen LogP contribution is -2.15. The number of nitrogen functional groups attached to an aromatic ring is 1. The van der Waals surface area contributed by atoms with Crippen molar-refractivity contribution in [2.24, 2.45) is 11.5 Å². The number of hydrogen-bond donors (Lipinski definition) is 3. The van der Waals surface area contributed by atoms with Crippen molar-refractivity contribution in [2.75, 3.05) is 7.11 Å². The molecule has 1 amide bonds. The number of methoxy groups -OCH3 is 1. The van der Waals surface area contributed by atoms with E-state index in [9.17, 15) is 4.79 Å². The standard InChI is InChI=1S/C10H13N3O2/c1-15-8-4-7(10(12)13)3-2-6(8)5-9(11)14/h2-4H,5H2,1H3,(H2,11,14)(H3,12,13). The highest BCUT2D eigenvalue weighted by atomic mass is 16.5. The van der Waals surface area contributed by atoms with Crippen molar-refractivity contribution in [3.63, 3.8) is 0 Å². The van der Waals surface area contributed by atoms with Crippen LogP contribution in [-0.4, -0.2) is 18.9 Å². The lowest BCUT2D eigenvalue weighted by molar-refractivity contribution is -0.117. The number of rotatable bonds is 4. The number of amidine groups is 1. The third kappa shape index (κ3) is 2.70. The van der Waals surface area contributed by atoms with Crippen molar-refractivity contribution in [1.29, 1.82) is 5.41 Å². The van der Waals surface area contributed by atoms with Gasteiger partial charge in [-0.1, -0.05) is 12.1 Å². The SMILES string of the molecule is COc1cc(C(=N)N)ccc1CC(N)=O. The molecular weight excluding hydrogens is 194 g/mol. The van der Waals surface area contributed by atoms with Gasteiger partial charge in [0.05, 0.1) is 13.5 Å². The van der Waals surface area contributed by atoms with Crippen LogP contribution in [0.15, 0.2) is 18.2 Å². The van der Waals surface area contributed by atoms with E-state index in [1.54, 1.807) is 18.2 Å². The van der Waals surface area contributed by atoms with Crippen LogP contribution in [0, 0.1) is 5.41 Å². The Morgan fingerprint density at radius 2 is 2.13 bits per heavy atom. The van der Waals surface area contributed by atoms with Crippen LogP contribution < -0.4 is 16.2 Å². The topological polar surface area (TPSA) is 102 Å². The molecule has 0 atom stereocenters. The van der Waals surface area contributed by atoms with Crippen molar-refractivity contribution in [3.8, 4) is 5.75 Å². The van der Waals surface area contributed by atoms with E-state index in [-0.39, 0.29) is 12.3 Å². The molecule has 80 valence electrons. The fraction of sp³-hybridized carbons (Fsp3) is 0.200.